The molecule has 1 fully saturated rings. The molecule has 0 N–H and O–H groups in total. The van der Waals surface area contributed by atoms with Crippen molar-refractivity contribution >= 4 is 25.6 Å². The van der Waals surface area contributed by atoms with Gasteiger partial charge in [0, 0.05) is 18.4 Å². The van der Waals surface area contributed by atoms with Gasteiger partial charge in [0.25, 0.3) is 0 Å². The summed E-state index contributed by atoms with van der Waals surface area (Å²) in [5, 5.41) is 0. The molecule has 170 valence electrons. The van der Waals surface area contributed by atoms with Gasteiger partial charge in [0.05, 0.1) is 16.4 Å². The molecular formula is C24H26O6S2. The number of hydrogen-bond acceptors (Lipinski definition) is 6. The molecule has 6 nitrogen and oxygen atoms in total. The van der Waals surface area contributed by atoms with E-state index in [0.29, 0.717) is 11.1 Å². The van der Waals surface area contributed by atoms with Gasteiger partial charge in [-0.25, -0.2) is 21.6 Å². The molecule has 1 saturated carbocycles. The van der Waals surface area contributed by atoms with Crippen molar-refractivity contribution in [1.29, 1.82) is 0 Å². The molecule has 0 amide bonds. The summed E-state index contributed by atoms with van der Waals surface area (Å²) in [6.07, 6.45) is 0.630. The quantitative estimate of drug-likeness (QED) is 0.341. The summed E-state index contributed by atoms with van der Waals surface area (Å²) < 4.78 is 58.6. The molecule has 8 heteroatoms. The Balaban J connectivity index is 2.30. The third-order valence-electron chi connectivity index (χ3n) is 5.71. The lowest BCUT2D eigenvalue weighted by Gasteiger charge is -2.29. The largest absolute Gasteiger partial charge is 0.463 e. The number of sulfone groups is 2. The summed E-state index contributed by atoms with van der Waals surface area (Å²) in [6.45, 7) is 7.44. The van der Waals surface area contributed by atoms with E-state index in [1.807, 2.05) is 0 Å². The number of benzene rings is 2. The smallest absolute Gasteiger partial charge is 0.330 e. The number of carbonyl (C=O) groups excluding carboxylic acids is 1. The monoisotopic (exact) mass is 474 g/mol. The van der Waals surface area contributed by atoms with Crippen LogP contribution in [0.1, 0.15) is 26.7 Å². The van der Waals surface area contributed by atoms with Crippen molar-refractivity contribution in [2.75, 3.05) is 6.61 Å². The zero-order valence-corrected chi connectivity index (χ0v) is 19.7. The summed E-state index contributed by atoms with van der Waals surface area (Å²) in [5.74, 6) is -1.24. The van der Waals surface area contributed by atoms with E-state index in [4.69, 9.17) is 4.74 Å². The normalized spacial score (nSPS) is 19.6. The van der Waals surface area contributed by atoms with Crippen molar-refractivity contribution < 1.29 is 26.4 Å². The highest BCUT2D eigenvalue weighted by atomic mass is 32.3. The predicted octanol–water partition coefficient (Wildman–Crippen LogP) is 4.11. The molecule has 0 aromatic heterocycles. The van der Waals surface area contributed by atoms with Crippen LogP contribution in [0.5, 0.6) is 0 Å². The van der Waals surface area contributed by atoms with Crippen LogP contribution in [-0.4, -0.2) is 33.5 Å². The molecule has 0 heterocycles. The summed E-state index contributed by atoms with van der Waals surface area (Å²) >= 11 is 0. The number of carbonyl (C=O) groups is 1. The zero-order valence-electron chi connectivity index (χ0n) is 18.0. The molecule has 0 aliphatic heterocycles. The highest BCUT2D eigenvalue weighted by molar-refractivity contribution is 8.10. The predicted molar refractivity (Wildman–Crippen MR) is 122 cm³/mol. The Labute approximate surface area is 189 Å². The SMILES string of the molecule is C=C(C)C1CC(S(=O)(=O)c2ccccc2)(S(=O)(=O)c2ccccc2)C/C1=C/C(=O)OCC. The van der Waals surface area contributed by atoms with Crippen LogP contribution in [0.2, 0.25) is 0 Å². The fourth-order valence-corrected chi connectivity index (χ4v) is 9.22. The maximum absolute atomic E-state index is 13.9. The third-order valence-corrected chi connectivity index (χ3v) is 11.4. The van der Waals surface area contributed by atoms with Gasteiger partial charge in [0.1, 0.15) is 0 Å². The average molecular weight is 475 g/mol. The maximum Gasteiger partial charge on any atom is 0.330 e. The summed E-state index contributed by atoms with van der Waals surface area (Å²) in [7, 11) is -8.75. The number of hydrogen-bond donors (Lipinski definition) is 0. The van der Waals surface area contributed by atoms with Crippen LogP contribution < -0.4 is 0 Å². The minimum atomic E-state index is -4.38. The van der Waals surface area contributed by atoms with E-state index in [0.717, 1.165) is 0 Å². The van der Waals surface area contributed by atoms with Crippen LogP contribution in [0.15, 0.2) is 94.3 Å². The van der Waals surface area contributed by atoms with Gasteiger partial charge in [-0.05, 0) is 44.5 Å². The first kappa shape index (κ1) is 23.9. The number of ether oxygens (including phenoxy) is 1. The van der Waals surface area contributed by atoms with E-state index >= 15 is 0 Å². The molecule has 1 aliphatic carbocycles. The molecule has 1 unspecified atom stereocenters. The molecule has 0 bridgehead atoms. The molecule has 0 radical (unpaired) electrons. The van der Waals surface area contributed by atoms with Gasteiger partial charge in [-0.15, -0.1) is 0 Å². The van der Waals surface area contributed by atoms with Crippen LogP contribution in [-0.2, 0) is 29.2 Å². The zero-order chi connectivity index (χ0) is 23.6. The van der Waals surface area contributed by atoms with Crippen LogP contribution in [0.4, 0.5) is 0 Å². The molecule has 2 aromatic carbocycles. The van der Waals surface area contributed by atoms with Gasteiger partial charge in [-0.1, -0.05) is 54.1 Å². The van der Waals surface area contributed by atoms with Crippen molar-refractivity contribution in [2.45, 2.75) is 40.6 Å². The van der Waals surface area contributed by atoms with Crippen molar-refractivity contribution in [2.24, 2.45) is 5.92 Å². The molecule has 32 heavy (non-hydrogen) atoms. The Hall–Kier alpha value is -2.71. The fourth-order valence-electron chi connectivity index (χ4n) is 4.11. The minimum absolute atomic E-state index is 0.0858. The van der Waals surface area contributed by atoms with Crippen molar-refractivity contribution in [3.8, 4) is 0 Å². The lowest BCUT2D eigenvalue weighted by Crippen LogP contribution is -2.44. The molecule has 0 saturated heterocycles. The Bertz CT molecular complexity index is 1170. The van der Waals surface area contributed by atoms with Gasteiger partial charge < -0.3 is 4.74 Å². The maximum atomic E-state index is 13.9. The van der Waals surface area contributed by atoms with Crippen molar-refractivity contribution in [3.63, 3.8) is 0 Å². The first-order valence-corrected chi connectivity index (χ1v) is 13.2. The molecule has 1 atom stereocenters. The highest BCUT2D eigenvalue weighted by Crippen LogP contribution is 2.53. The second-order valence-corrected chi connectivity index (χ2v) is 12.6. The second kappa shape index (κ2) is 9.03. The van der Waals surface area contributed by atoms with Gasteiger partial charge in [0.15, 0.2) is 23.8 Å². The van der Waals surface area contributed by atoms with Gasteiger partial charge in [-0.3, -0.25) is 0 Å². The molecule has 3 rings (SSSR count). The number of allylic oxidation sites excluding steroid dienone is 2. The van der Waals surface area contributed by atoms with Crippen molar-refractivity contribution in [3.05, 3.63) is 84.5 Å². The lowest BCUT2D eigenvalue weighted by molar-refractivity contribution is -0.137. The van der Waals surface area contributed by atoms with Crippen LogP contribution in [0.25, 0.3) is 0 Å². The molecule has 1 aliphatic rings. The highest BCUT2D eigenvalue weighted by Gasteiger charge is 2.61. The second-order valence-electron chi connectivity index (χ2n) is 7.79. The fraction of sp³-hybridized carbons (Fsp3) is 0.292. The van der Waals surface area contributed by atoms with E-state index in [1.165, 1.54) is 30.3 Å². The lowest BCUT2D eigenvalue weighted by atomic mass is 9.95. The average Bonchev–Trinajstić information content (AvgIpc) is 3.17. The standard InChI is InChI=1S/C24H26O6S2/c1-4-30-23(25)15-19-16-24(17-22(19)18(2)3,31(26,27)20-11-7-5-8-12-20)32(28,29)21-13-9-6-10-14-21/h5-15,22H,2,4,16-17H2,1,3H3/b19-15-. The van der Waals surface area contributed by atoms with Crippen LogP contribution in [0.3, 0.4) is 0 Å². The van der Waals surface area contributed by atoms with Gasteiger partial charge >= 0.3 is 5.97 Å². The molecule has 0 spiro atoms. The first-order valence-electron chi connectivity index (χ1n) is 10.2. The number of rotatable bonds is 7. The van der Waals surface area contributed by atoms with Crippen molar-refractivity contribution in [1.82, 2.24) is 0 Å². The Morgan fingerprint density at radius 3 is 1.88 bits per heavy atom. The van der Waals surface area contributed by atoms with Gasteiger partial charge in [0.2, 0.25) is 0 Å². The van der Waals surface area contributed by atoms with E-state index in [-0.39, 0.29) is 29.2 Å². The van der Waals surface area contributed by atoms with Crippen LogP contribution >= 0.6 is 0 Å². The van der Waals surface area contributed by atoms with Gasteiger partial charge in [-0.2, -0.15) is 0 Å². The Kier molecular flexibility index (Phi) is 6.76. The van der Waals surface area contributed by atoms with E-state index in [1.54, 1.807) is 50.2 Å². The van der Waals surface area contributed by atoms with E-state index in [2.05, 4.69) is 6.58 Å². The summed E-state index contributed by atoms with van der Waals surface area (Å²) in [4.78, 5) is 12.0. The molecular weight excluding hydrogens is 448 g/mol. The molecule has 2 aromatic rings. The third kappa shape index (κ3) is 4.04. The summed E-state index contributed by atoms with van der Waals surface area (Å²) in [6, 6.07) is 15.1. The number of esters is 1. The van der Waals surface area contributed by atoms with Crippen LogP contribution in [0, 0.1) is 5.92 Å². The van der Waals surface area contributed by atoms with E-state index in [9.17, 15) is 21.6 Å². The van der Waals surface area contributed by atoms with E-state index < -0.39 is 35.6 Å². The summed E-state index contributed by atoms with van der Waals surface area (Å²) in [5.41, 5.74) is 0.962. The first-order chi connectivity index (χ1) is 15.1. The Morgan fingerprint density at radius 2 is 1.47 bits per heavy atom. The minimum Gasteiger partial charge on any atom is -0.463 e. The Morgan fingerprint density at radius 1 is 1.00 bits per heavy atom. The topological polar surface area (TPSA) is 94.6 Å².